The second kappa shape index (κ2) is 4.07. The third-order valence-electron chi connectivity index (χ3n) is 3.94. The number of carbonyl (C=O) groups excluding carboxylic acids is 1. The van der Waals surface area contributed by atoms with Crippen LogP contribution in [0.25, 0.3) is 0 Å². The molecule has 0 aliphatic heterocycles. The van der Waals surface area contributed by atoms with Crippen molar-refractivity contribution >= 4 is 11.9 Å². The summed E-state index contributed by atoms with van der Waals surface area (Å²) in [6.07, 6.45) is 4.65. The Bertz CT molecular complexity index is 305. The van der Waals surface area contributed by atoms with E-state index in [4.69, 9.17) is 5.11 Å². The minimum absolute atomic E-state index is 0.158. The van der Waals surface area contributed by atoms with Crippen LogP contribution in [0.15, 0.2) is 0 Å². The van der Waals surface area contributed by atoms with Crippen LogP contribution in [0.2, 0.25) is 0 Å². The summed E-state index contributed by atoms with van der Waals surface area (Å²) in [6.45, 7) is 3.31. The van der Waals surface area contributed by atoms with Crippen LogP contribution in [0.4, 0.5) is 0 Å². The fraction of sp³-hybridized carbons (Fsp3) is 0.833. The molecule has 0 aromatic rings. The molecule has 2 fully saturated rings. The zero-order valence-electron chi connectivity index (χ0n) is 9.74. The van der Waals surface area contributed by atoms with E-state index in [0.717, 1.165) is 6.54 Å². The summed E-state index contributed by atoms with van der Waals surface area (Å²) in [5, 5.41) is 9.08. The second-order valence-corrected chi connectivity index (χ2v) is 5.03. The van der Waals surface area contributed by atoms with Gasteiger partial charge in [-0.25, -0.2) is 0 Å². The molecule has 0 atom stereocenters. The maximum absolute atomic E-state index is 12.1. The number of nitrogens with zero attached hydrogens (tertiary/aromatic N) is 1. The van der Waals surface area contributed by atoms with Crippen LogP contribution in [0.1, 0.15) is 39.0 Å². The van der Waals surface area contributed by atoms with E-state index < -0.39 is 11.4 Å². The minimum atomic E-state index is -1.06. The number of hydrogen-bond acceptors (Lipinski definition) is 2. The Balaban J connectivity index is 1.97. The largest absolute Gasteiger partial charge is 0.480 e. The molecule has 2 aliphatic rings. The van der Waals surface area contributed by atoms with Crippen LogP contribution in [-0.2, 0) is 9.59 Å². The quantitative estimate of drug-likeness (QED) is 0.721. The predicted molar refractivity (Wildman–Crippen MR) is 58.9 cm³/mol. The third-order valence-corrected chi connectivity index (χ3v) is 3.94. The molecule has 0 unspecified atom stereocenters. The molecule has 0 bridgehead atoms. The van der Waals surface area contributed by atoms with E-state index in [1.54, 1.807) is 4.90 Å². The van der Waals surface area contributed by atoms with Crippen LogP contribution in [0.5, 0.6) is 0 Å². The summed E-state index contributed by atoms with van der Waals surface area (Å²) in [6, 6.07) is 0. The predicted octanol–water partition coefficient (Wildman–Crippen LogP) is 1.50. The molecule has 0 spiro atoms. The van der Waals surface area contributed by atoms with Crippen molar-refractivity contribution in [1.82, 2.24) is 4.90 Å². The third kappa shape index (κ3) is 1.81. The molecule has 1 amide bonds. The van der Waals surface area contributed by atoms with E-state index in [0.29, 0.717) is 25.3 Å². The van der Waals surface area contributed by atoms with Gasteiger partial charge in [0.25, 0.3) is 0 Å². The second-order valence-electron chi connectivity index (χ2n) is 5.03. The molecule has 4 nitrogen and oxygen atoms in total. The summed E-state index contributed by atoms with van der Waals surface area (Å²) in [5.74, 6) is -0.493. The van der Waals surface area contributed by atoms with E-state index >= 15 is 0 Å². The first-order valence-corrected chi connectivity index (χ1v) is 6.13. The average Bonchev–Trinajstić information content (AvgIpc) is 2.96. The van der Waals surface area contributed by atoms with Crippen molar-refractivity contribution in [3.63, 3.8) is 0 Å². The molecular formula is C12H19NO3. The lowest BCUT2D eigenvalue weighted by molar-refractivity contribution is -0.153. The van der Waals surface area contributed by atoms with Crippen LogP contribution in [0, 0.1) is 11.3 Å². The summed E-state index contributed by atoms with van der Waals surface area (Å²) in [7, 11) is 0. The Morgan fingerprint density at radius 3 is 2.31 bits per heavy atom. The molecule has 16 heavy (non-hydrogen) atoms. The zero-order valence-corrected chi connectivity index (χ0v) is 9.74. The molecule has 0 aromatic heterocycles. The highest BCUT2D eigenvalue weighted by Crippen LogP contribution is 2.47. The molecule has 2 saturated carbocycles. The topological polar surface area (TPSA) is 57.6 Å². The van der Waals surface area contributed by atoms with Gasteiger partial charge in [0.1, 0.15) is 5.41 Å². The first-order valence-electron chi connectivity index (χ1n) is 6.13. The Hall–Kier alpha value is -1.06. The Morgan fingerprint density at radius 1 is 1.38 bits per heavy atom. The minimum Gasteiger partial charge on any atom is -0.480 e. The average molecular weight is 225 g/mol. The highest BCUT2D eigenvalue weighted by atomic mass is 16.4. The smallest absolute Gasteiger partial charge is 0.319 e. The van der Waals surface area contributed by atoms with Crippen LogP contribution >= 0.6 is 0 Å². The Morgan fingerprint density at radius 2 is 2.00 bits per heavy atom. The van der Waals surface area contributed by atoms with E-state index in [9.17, 15) is 9.59 Å². The number of amides is 1. The molecule has 2 rings (SSSR count). The van der Waals surface area contributed by atoms with Gasteiger partial charge >= 0.3 is 5.97 Å². The number of carbonyl (C=O) groups is 2. The normalized spacial score (nSPS) is 22.3. The highest BCUT2D eigenvalue weighted by Gasteiger charge is 2.58. The van der Waals surface area contributed by atoms with Crippen molar-refractivity contribution in [2.75, 3.05) is 13.1 Å². The van der Waals surface area contributed by atoms with Gasteiger partial charge in [-0.05, 0) is 38.5 Å². The van der Waals surface area contributed by atoms with E-state index in [-0.39, 0.29) is 5.91 Å². The van der Waals surface area contributed by atoms with E-state index in [2.05, 4.69) is 0 Å². The molecule has 0 heterocycles. The molecule has 0 saturated heterocycles. The van der Waals surface area contributed by atoms with Crippen molar-refractivity contribution in [3.05, 3.63) is 0 Å². The lowest BCUT2D eigenvalue weighted by Gasteiger charge is -2.33. The standard InChI is InChI=1S/C12H19NO3/c1-2-13(8-9-4-3-5-9)10(14)12(6-7-12)11(15)16/h9H,2-8H2,1H3,(H,15,16). The number of rotatable bonds is 5. The van der Waals surface area contributed by atoms with Gasteiger partial charge in [-0.1, -0.05) is 6.42 Å². The maximum Gasteiger partial charge on any atom is 0.319 e. The SMILES string of the molecule is CCN(CC1CCC1)C(=O)C1(C(=O)O)CC1. The summed E-state index contributed by atoms with van der Waals surface area (Å²) < 4.78 is 0. The monoisotopic (exact) mass is 225 g/mol. The number of carboxylic acids is 1. The van der Waals surface area contributed by atoms with Crippen LogP contribution in [-0.4, -0.2) is 35.0 Å². The van der Waals surface area contributed by atoms with Crippen molar-refractivity contribution in [2.45, 2.75) is 39.0 Å². The van der Waals surface area contributed by atoms with Gasteiger partial charge in [0, 0.05) is 13.1 Å². The summed E-state index contributed by atoms with van der Waals surface area (Å²) >= 11 is 0. The molecule has 1 N–H and O–H groups in total. The lowest BCUT2D eigenvalue weighted by Crippen LogP contribution is -2.44. The van der Waals surface area contributed by atoms with Crippen molar-refractivity contribution in [3.8, 4) is 0 Å². The van der Waals surface area contributed by atoms with Crippen LogP contribution < -0.4 is 0 Å². The van der Waals surface area contributed by atoms with Gasteiger partial charge in [0.2, 0.25) is 5.91 Å². The zero-order chi connectivity index (χ0) is 11.8. The molecule has 0 radical (unpaired) electrons. The first kappa shape index (κ1) is 11.4. The first-order chi connectivity index (χ1) is 7.60. The fourth-order valence-corrected chi connectivity index (χ4v) is 2.29. The summed E-state index contributed by atoms with van der Waals surface area (Å²) in [5.41, 5.74) is -1.06. The number of hydrogen-bond donors (Lipinski definition) is 1. The van der Waals surface area contributed by atoms with E-state index in [1.165, 1.54) is 19.3 Å². The van der Waals surface area contributed by atoms with Crippen molar-refractivity contribution in [1.29, 1.82) is 0 Å². The van der Waals surface area contributed by atoms with Gasteiger partial charge in [0.05, 0.1) is 0 Å². The summed E-state index contributed by atoms with van der Waals surface area (Å²) in [4.78, 5) is 24.9. The molecule has 4 heteroatoms. The molecular weight excluding hydrogens is 206 g/mol. The number of carboxylic acid groups (broad SMARTS) is 1. The van der Waals surface area contributed by atoms with Crippen molar-refractivity contribution < 1.29 is 14.7 Å². The lowest BCUT2D eigenvalue weighted by atomic mass is 9.85. The van der Waals surface area contributed by atoms with E-state index in [1.807, 2.05) is 6.92 Å². The van der Waals surface area contributed by atoms with Gasteiger partial charge < -0.3 is 10.0 Å². The molecule has 90 valence electrons. The molecule has 0 aromatic carbocycles. The Kier molecular flexibility index (Phi) is 2.91. The molecule has 2 aliphatic carbocycles. The van der Waals surface area contributed by atoms with Crippen molar-refractivity contribution in [2.24, 2.45) is 11.3 Å². The Labute approximate surface area is 95.6 Å². The fourth-order valence-electron chi connectivity index (χ4n) is 2.29. The van der Waals surface area contributed by atoms with Gasteiger partial charge in [-0.2, -0.15) is 0 Å². The van der Waals surface area contributed by atoms with Crippen LogP contribution in [0.3, 0.4) is 0 Å². The highest BCUT2D eigenvalue weighted by molar-refractivity contribution is 6.04. The van der Waals surface area contributed by atoms with Gasteiger partial charge in [0.15, 0.2) is 0 Å². The van der Waals surface area contributed by atoms with Gasteiger partial charge in [-0.3, -0.25) is 9.59 Å². The maximum atomic E-state index is 12.1. The number of aliphatic carboxylic acids is 1. The van der Waals surface area contributed by atoms with Gasteiger partial charge in [-0.15, -0.1) is 0 Å².